The topological polar surface area (TPSA) is 74.2 Å². The van der Waals surface area contributed by atoms with Gasteiger partial charge in [0, 0.05) is 19.0 Å². The van der Waals surface area contributed by atoms with E-state index in [4.69, 9.17) is 5.11 Å². The Bertz CT molecular complexity index is 311. The number of thiazole rings is 1. The van der Waals surface area contributed by atoms with Crippen molar-refractivity contribution in [1.29, 1.82) is 0 Å². The average Bonchev–Trinajstić information content (AvgIpc) is 2.62. The molecule has 78 valence electrons. The van der Waals surface area contributed by atoms with Crippen molar-refractivity contribution in [3.63, 3.8) is 0 Å². The fourth-order valence-corrected chi connectivity index (χ4v) is 1.48. The van der Waals surface area contributed by atoms with Crippen molar-refractivity contribution in [1.82, 2.24) is 10.3 Å². The first-order valence-electron chi connectivity index (χ1n) is 4.23. The molecule has 6 heteroatoms. The summed E-state index contributed by atoms with van der Waals surface area (Å²) >= 11 is 1.37. The van der Waals surface area contributed by atoms with Crippen LogP contribution < -0.4 is 10.6 Å². The van der Waals surface area contributed by atoms with Crippen LogP contribution in [0, 0.1) is 0 Å². The van der Waals surface area contributed by atoms with Gasteiger partial charge >= 0.3 is 0 Å². The number of anilines is 1. The van der Waals surface area contributed by atoms with Crippen LogP contribution >= 0.6 is 11.3 Å². The zero-order valence-electron chi connectivity index (χ0n) is 8.07. The summed E-state index contributed by atoms with van der Waals surface area (Å²) in [6.45, 7) is 1.85. The highest BCUT2D eigenvalue weighted by atomic mass is 32.1. The van der Waals surface area contributed by atoms with Gasteiger partial charge in [0.2, 0.25) is 0 Å². The quantitative estimate of drug-likeness (QED) is 0.675. The molecule has 1 amide bonds. The summed E-state index contributed by atoms with van der Waals surface area (Å²) < 4.78 is 0. The van der Waals surface area contributed by atoms with E-state index in [0.29, 0.717) is 10.8 Å². The Labute approximate surface area is 86.2 Å². The summed E-state index contributed by atoms with van der Waals surface area (Å²) in [5.74, 6) is -0.261. The van der Waals surface area contributed by atoms with Crippen LogP contribution in [0.1, 0.15) is 17.4 Å². The van der Waals surface area contributed by atoms with Gasteiger partial charge in [0.1, 0.15) is 5.69 Å². The SMILES string of the molecule is CNc1nc(C(=O)NCC(C)O)cs1. The van der Waals surface area contributed by atoms with Crippen LogP contribution in [0.25, 0.3) is 0 Å². The van der Waals surface area contributed by atoms with E-state index in [9.17, 15) is 4.79 Å². The van der Waals surface area contributed by atoms with Gasteiger partial charge in [-0.1, -0.05) is 0 Å². The molecule has 14 heavy (non-hydrogen) atoms. The molecule has 1 heterocycles. The highest BCUT2D eigenvalue weighted by molar-refractivity contribution is 7.13. The number of nitrogens with zero attached hydrogens (tertiary/aromatic N) is 1. The molecule has 0 fully saturated rings. The van der Waals surface area contributed by atoms with E-state index < -0.39 is 6.10 Å². The Hall–Kier alpha value is -1.14. The summed E-state index contributed by atoms with van der Waals surface area (Å²) in [5, 5.41) is 16.7. The van der Waals surface area contributed by atoms with Crippen LogP contribution in [0.5, 0.6) is 0 Å². The average molecular weight is 215 g/mol. The number of amides is 1. The molecule has 0 aliphatic carbocycles. The number of rotatable bonds is 4. The third-order valence-electron chi connectivity index (χ3n) is 1.51. The van der Waals surface area contributed by atoms with Gasteiger partial charge in [0.05, 0.1) is 6.10 Å². The molecule has 0 aliphatic heterocycles. The fraction of sp³-hybridized carbons (Fsp3) is 0.500. The van der Waals surface area contributed by atoms with E-state index in [2.05, 4.69) is 15.6 Å². The molecule has 0 spiro atoms. The maximum absolute atomic E-state index is 11.4. The minimum Gasteiger partial charge on any atom is -0.392 e. The maximum atomic E-state index is 11.4. The monoisotopic (exact) mass is 215 g/mol. The number of aromatic nitrogens is 1. The highest BCUT2D eigenvalue weighted by Gasteiger charge is 2.09. The van der Waals surface area contributed by atoms with Gasteiger partial charge in [-0.15, -0.1) is 11.3 Å². The number of hydrogen-bond donors (Lipinski definition) is 3. The number of hydrogen-bond acceptors (Lipinski definition) is 5. The second kappa shape index (κ2) is 4.92. The molecule has 1 atom stereocenters. The normalized spacial score (nSPS) is 12.2. The van der Waals surface area contributed by atoms with E-state index in [-0.39, 0.29) is 12.5 Å². The van der Waals surface area contributed by atoms with Crippen molar-refractivity contribution in [3.8, 4) is 0 Å². The lowest BCUT2D eigenvalue weighted by Gasteiger charge is -2.04. The van der Waals surface area contributed by atoms with Crippen LogP contribution in [0.4, 0.5) is 5.13 Å². The first-order valence-corrected chi connectivity index (χ1v) is 5.11. The standard InChI is InChI=1S/C8H13N3O2S/c1-5(12)3-10-7(13)6-4-14-8(9-2)11-6/h4-5,12H,3H2,1-2H3,(H,9,11)(H,10,13). The van der Waals surface area contributed by atoms with Gasteiger partial charge < -0.3 is 15.7 Å². The number of aliphatic hydroxyl groups excluding tert-OH is 1. The number of aliphatic hydroxyl groups is 1. The van der Waals surface area contributed by atoms with Gasteiger partial charge in [-0.25, -0.2) is 4.98 Å². The molecule has 1 unspecified atom stereocenters. The Morgan fingerprint density at radius 3 is 3.00 bits per heavy atom. The maximum Gasteiger partial charge on any atom is 0.270 e. The number of nitrogens with one attached hydrogen (secondary N) is 2. The molecule has 0 bridgehead atoms. The van der Waals surface area contributed by atoms with E-state index in [1.165, 1.54) is 11.3 Å². The minimum atomic E-state index is -0.540. The minimum absolute atomic E-state index is 0.241. The van der Waals surface area contributed by atoms with Crippen molar-refractivity contribution >= 4 is 22.4 Å². The van der Waals surface area contributed by atoms with Crippen molar-refractivity contribution in [3.05, 3.63) is 11.1 Å². The molecular weight excluding hydrogens is 202 g/mol. The largest absolute Gasteiger partial charge is 0.392 e. The molecule has 3 N–H and O–H groups in total. The lowest BCUT2D eigenvalue weighted by atomic mass is 10.4. The summed E-state index contributed by atoms with van der Waals surface area (Å²) in [5.41, 5.74) is 0.375. The summed E-state index contributed by atoms with van der Waals surface area (Å²) in [6.07, 6.45) is -0.540. The first-order chi connectivity index (χ1) is 6.63. The van der Waals surface area contributed by atoms with Crippen molar-refractivity contribution < 1.29 is 9.90 Å². The summed E-state index contributed by atoms with van der Waals surface area (Å²) in [7, 11) is 1.75. The van der Waals surface area contributed by atoms with Gasteiger partial charge in [-0.05, 0) is 6.92 Å². The molecule has 5 nitrogen and oxygen atoms in total. The van der Waals surface area contributed by atoms with Crippen molar-refractivity contribution in [2.24, 2.45) is 0 Å². The zero-order chi connectivity index (χ0) is 10.6. The van der Waals surface area contributed by atoms with Gasteiger partial charge in [0.15, 0.2) is 5.13 Å². The van der Waals surface area contributed by atoms with Crippen LogP contribution in [0.15, 0.2) is 5.38 Å². The van der Waals surface area contributed by atoms with Crippen LogP contribution in [-0.2, 0) is 0 Å². The molecule has 0 aromatic carbocycles. The summed E-state index contributed by atoms with van der Waals surface area (Å²) in [6, 6.07) is 0. The van der Waals surface area contributed by atoms with Gasteiger partial charge in [-0.2, -0.15) is 0 Å². The Morgan fingerprint density at radius 2 is 2.50 bits per heavy atom. The Morgan fingerprint density at radius 1 is 1.79 bits per heavy atom. The molecule has 0 saturated heterocycles. The third kappa shape index (κ3) is 2.97. The number of carbonyl (C=O) groups is 1. The molecule has 0 saturated carbocycles. The Balaban J connectivity index is 2.52. The second-order valence-electron chi connectivity index (χ2n) is 2.85. The highest BCUT2D eigenvalue weighted by Crippen LogP contribution is 2.13. The van der Waals surface area contributed by atoms with Crippen molar-refractivity contribution in [2.75, 3.05) is 18.9 Å². The fourth-order valence-electron chi connectivity index (χ4n) is 0.824. The van der Waals surface area contributed by atoms with Crippen LogP contribution in [0.2, 0.25) is 0 Å². The van der Waals surface area contributed by atoms with E-state index in [0.717, 1.165) is 0 Å². The van der Waals surface area contributed by atoms with Gasteiger partial charge in [0.25, 0.3) is 5.91 Å². The predicted octanol–water partition coefficient (Wildman–Crippen LogP) is 0.295. The van der Waals surface area contributed by atoms with Crippen molar-refractivity contribution in [2.45, 2.75) is 13.0 Å². The zero-order valence-corrected chi connectivity index (χ0v) is 8.89. The molecule has 1 aromatic rings. The van der Waals surface area contributed by atoms with E-state index >= 15 is 0 Å². The molecule has 0 aliphatic rings. The van der Waals surface area contributed by atoms with Gasteiger partial charge in [-0.3, -0.25) is 4.79 Å². The third-order valence-corrected chi connectivity index (χ3v) is 2.37. The molecule has 1 rings (SSSR count). The smallest absolute Gasteiger partial charge is 0.270 e. The number of carbonyl (C=O) groups excluding carboxylic acids is 1. The predicted molar refractivity (Wildman–Crippen MR) is 55.7 cm³/mol. The van der Waals surface area contributed by atoms with E-state index in [1.54, 1.807) is 19.4 Å². The second-order valence-corrected chi connectivity index (χ2v) is 3.71. The van der Waals surface area contributed by atoms with Crippen LogP contribution in [-0.4, -0.2) is 35.7 Å². The summed E-state index contributed by atoms with van der Waals surface area (Å²) in [4.78, 5) is 15.4. The molecule has 0 radical (unpaired) electrons. The lowest BCUT2D eigenvalue weighted by Crippen LogP contribution is -2.30. The molecular formula is C8H13N3O2S. The first kappa shape index (κ1) is 10.9. The lowest BCUT2D eigenvalue weighted by molar-refractivity contribution is 0.0920. The van der Waals surface area contributed by atoms with E-state index in [1.807, 2.05) is 0 Å². The Kier molecular flexibility index (Phi) is 3.84. The van der Waals surface area contributed by atoms with Crippen LogP contribution in [0.3, 0.4) is 0 Å². The molecule has 1 aromatic heterocycles.